The Morgan fingerprint density at radius 1 is 1.00 bits per heavy atom. The molecule has 0 spiro atoms. The minimum absolute atomic E-state index is 0.0548. The van der Waals surface area contributed by atoms with E-state index in [1.165, 1.54) is 23.1 Å². The normalized spacial score (nSPS) is 27.0. The van der Waals surface area contributed by atoms with E-state index in [1.54, 1.807) is 19.1 Å². The highest BCUT2D eigenvalue weighted by Crippen LogP contribution is 2.55. The number of carbonyl (C=O) groups is 5. The third kappa shape index (κ3) is 4.24. The van der Waals surface area contributed by atoms with E-state index in [-0.39, 0.29) is 54.4 Å². The van der Waals surface area contributed by atoms with Gasteiger partial charge in [-0.15, -0.1) is 0 Å². The first-order valence-corrected chi connectivity index (χ1v) is 12.7. The van der Waals surface area contributed by atoms with Gasteiger partial charge in [-0.3, -0.25) is 28.9 Å². The molecule has 1 aromatic carbocycles. The van der Waals surface area contributed by atoms with Gasteiger partial charge in [0, 0.05) is 35.6 Å². The van der Waals surface area contributed by atoms with Gasteiger partial charge < -0.3 is 10.2 Å². The number of benzene rings is 1. The monoisotopic (exact) mass is 503 g/mol. The van der Waals surface area contributed by atoms with E-state index < -0.39 is 23.7 Å². The van der Waals surface area contributed by atoms with Gasteiger partial charge in [-0.05, 0) is 62.3 Å². The van der Waals surface area contributed by atoms with E-state index in [4.69, 9.17) is 5.11 Å². The number of nitrogens with zero attached hydrogens (tertiary/aromatic N) is 1. The summed E-state index contributed by atoms with van der Waals surface area (Å²) in [6.45, 7) is 1.87. The number of ketones is 2. The molecule has 2 N–H and O–H groups in total. The molecule has 2 amide bonds. The zero-order valence-electron chi connectivity index (χ0n) is 20.6. The zero-order valence-corrected chi connectivity index (χ0v) is 20.6. The minimum Gasteiger partial charge on any atom is -0.508 e. The predicted molar refractivity (Wildman–Crippen MR) is 132 cm³/mol. The van der Waals surface area contributed by atoms with Crippen molar-refractivity contribution in [2.45, 2.75) is 51.4 Å². The fourth-order valence-electron chi connectivity index (χ4n) is 6.44. The molecule has 5 rings (SSSR count). The summed E-state index contributed by atoms with van der Waals surface area (Å²) in [7, 11) is 0. The standard InChI is InChI=1S/C29H29NO7/c1-15-13-22(32)26-21(27(15)35)14-20-18(24(26)16-6-8-17(31)9-7-16)10-11-19-25(20)29(37)30(28(19)36)12-4-2-3-5-23(33)34/h6-10,13,19-20,24-25,31H,2-5,11-12,14H2,1H3,(H,33,34)/t19-,20+,24-,25-/m0/s1. The second-order valence-corrected chi connectivity index (χ2v) is 10.4. The summed E-state index contributed by atoms with van der Waals surface area (Å²) in [6, 6.07) is 6.54. The van der Waals surface area contributed by atoms with Gasteiger partial charge >= 0.3 is 5.97 Å². The van der Waals surface area contributed by atoms with Crippen LogP contribution in [0.4, 0.5) is 0 Å². The van der Waals surface area contributed by atoms with Crippen molar-refractivity contribution < 1.29 is 34.2 Å². The van der Waals surface area contributed by atoms with Crippen LogP contribution in [-0.4, -0.2) is 51.0 Å². The molecule has 1 aromatic rings. The number of phenolic OH excluding ortho intramolecular Hbond substituents is 1. The van der Waals surface area contributed by atoms with Crippen molar-refractivity contribution in [3.8, 4) is 5.75 Å². The van der Waals surface area contributed by atoms with Gasteiger partial charge in [0.2, 0.25) is 11.8 Å². The Hall–Kier alpha value is -3.81. The van der Waals surface area contributed by atoms with Crippen LogP contribution in [0, 0.1) is 17.8 Å². The maximum atomic E-state index is 13.6. The van der Waals surface area contributed by atoms with Gasteiger partial charge in [0.25, 0.3) is 0 Å². The Kier molecular flexibility index (Phi) is 6.43. The van der Waals surface area contributed by atoms with Gasteiger partial charge in [0.1, 0.15) is 5.75 Å². The molecule has 4 atom stereocenters. The molecule has 8 nitrogen and oxygen atoms in total. The largest absolute Gasteiger partial charge is 0.508 e. The summed E-state index contributed by atoms with van der Waals surface area (Å²) in [4.78, 5) is 65.3. The van der Waals surface area contributed by atoms with Crippen LogP contribution in [0.15, 0.2) is 58.7 Å². The van der Waals surface area contributed by atoms with Crippen molar-refractivity contribution in [2.75, 3.05) is 6.54 Å². The van der Waals surface area contributed by atoms with Gasteiger partial charge in [-0.2, -0.15) is 0 Å². The lowest BCUT2D eigenvalue weighted by atomic mass is 9.59. The van der Waals surface area contributed by atoms with Gasteiger partial charge in [-0.1, -0.05) is 30.2 Å². The molecule has 0 bridgehead atoms. The molecule has 0 saturated carbocycles. The number of phenols is 1. The number of amides is 2. The number of hydrogen-bond donors (Lipinski definition) is 2. The quantitative estimate of drug-likeness (QED) is 0.252. The number of rotatable bonds is 7. The third-order valence-corrected chi connectivity index (χ3v) is 8.15. The second kappa shape index (κ2) is 9.57. The molecule has 1 aliphatic heterocycles. The number of unbranched alkanes of at least 4 members (excludes halogenated alkanes) is 2. The lowest BCUT2D eigenvalue weighted by Crippen LogP contribution is -2.39. The van der Waals surface area contributed by atoms with Crippen LogP contribution in [-0.2, 0) is 24.0 Å². The number of Topliss-reactive ketones (excluding diaryl/α,β-unsaturated/α-hetero) is 1. The van der Waals surface area contributed by atoms with E-state index in [2.05, 4.69) is 0 Å². The second-order valence-electron chi connectivity index (χ2n) is 10.4. The molecule has 0 aromatic heterocycles. The molecule has 1 saturated heterocycles. The fourth-order valence-corrected chi connectivity index (χ4v) is 6.44. The molecule has 192 valence electrons. The Morgan fingerprint density at radius 2 is 1.73 bits per heavy atom. The van der Waals surface area contributed by atoms with E-state index in [9.17, 15) is 29.1 Å². The Bertz CT molecular complexity index is 1300. The van der Waals surface area contributed by atoms with E-state index >= 15 is 0 Å². The number of allylic oxidation sites excluding steroid dienone is 6. The van der Waals surface area contributed by atoms with Gasteiger partial charge in [-0.25, -0.2) is 0 Å². The molecule has 4 aliphatic rings. The topological polar surface area (TPSA) is 129 Å². The van der Waals surface area contributed by atoms with E-state index in [0.29, 0.717) is 42.4 Å². The predicted octanol–water partition coefficient (Wildman–Crippen LogP) is 3.47. The molecule has 1 fully saturated rings. The molecule has 0 radical (unpaired) electrons. The average molecular weight is 504 g/mol. The molecule has 3 aliphatic carbocycles. The highest BCUT2D eigenvalue weighted by molar-refractivity contribution is 6.23. The summed E-state index contributed by atoms with van der Waals surface area (Å²) >= 11 is 0. The van der Waals surface area contributed by atoms with Gasteiger partial charge in [0.05, 0.1) is 11.8 Å². The number of likely N-dealkylation sites (tertiary alicyclic amines) is 1. The van der Waals surface area contributed by atoms with Crippen molar-refractivity contribution in [3.05, 3.63) is 64.3 Å². The fraction of sp³-hybridized carbons (Fsp3) is 0.414. The van der Waals surface area contributed by atoms with Crippen LogP contribution >= 0.6 is 0 Å². The minimum atomic E-state index is -0.868. The number of carboxylic acids is 1. The summed E-state index contributed by atoms with van der Waals surface area (Å²) in [6.07, 6.45) is 5.64. The van der Waals surface area contributed by atoms with Crippen LogP contribution in [0.1, 0.15) is 56.9 Å². The number of imide groups is 1. The SMILES string of the molecule is CC1=CC(=O)C2=C(C[C@@H]3C(=CC[C@@H]4C(=O)N(CCCCCC(=O)O)C(=O)[C@@H]43)[C@@H]2c2ccc(O)cc2)C1=O. The Balaban J connectivity index is 1.48. The highest BCUT2D eigenvalue weighted by Gasteiger charge is 2.56. The number of fused-ring (bicyclic) bond motifs is 3. The van der Waals surface area contributed by atoms with Crippen molar-refractivity contribution in [1.29, 1.82) is 0 Å². The number of carbonyl (C=O) groups excluding carboxylic acids is 4. The smallest absolute Gasteiger partial charge is 0.303 e. The summed E-state index contributed by atoms with van der Waals surface area (Å²) in [5, 5.41) is 18.6. The number of aromatic hydroxyl groups is 1. The van der Waals surface area contributed by atoms with Crippen LogP contribution in [0.25, 0.3) is 0 Å². The molecule has 37 heavy (non-hydrogen) atoms. The first-order valence-electron chi connectivity index (χ1n) is 12.7. The van der Waals surface area contributed by atoms with Crippen molar-refractivity contribution in [3.63, 3.8) is 0 Å². The van der Waals surface area contributed by atoms with Gasteiger partial charge in [0.15, 0.2) is 11.6 Å². The molecular formula is C29H29NO7. The number of carboxylic acid groups (broad SMARTS) is 1. The summed E-state index contributed by atoms with van der Waals surface area (Å²) in [5.74, 6) is -3.69. The third-order valence-electron chi connectivity index (χ3n) is 8.15. The molecule has 0 unspecified atom stereocenters. The molecule has 8 heteroatoms. The zero-order chi connectivity index (χ0) is 26.4. The van der Waals surface area contributed by atoms with Crippen LogP contribution in [0.3, 0.4) is 0 Å². The van der Waals surface area contributed by atoms with E-state index in [0.717, 1.165) is 11.1 Å². The highest BCUT2D eigenvalue weighted by atomic mass is 16.4. The lowest BCUT2D eigenvalue weighted by molar-refractivity contribution is -0.141. The van der Waals surface area contributed by atoms with Crippen molar-refractivity contribution >= 4 is 29.4 Å². The summed E-state index contributed by atoms with van der Waals surface area (Å²) in [5.41, 5.74) is 2.84. The van der Waals surface area contributed by atoms with Crippen molar-refractivity contribution in [1.82, 2.24) is 4.90 Å². The average Bonchev–Trinajstić information content (AvgIpc) is 3.11. The van der Waals surface area contributed by atoms with Crippen LogP contribution < -0.4 is 0 Å². The first-order chi connectivity index (χ1) is 17.7. The molecule has 1 heterocycles. The van der Waals surface area contributed by atoms with E-state index in [1.807, 2.05) is 6.08 Å². The Labute approximate surface area is 214 Å². The lowest BCUT2D eigenvalue weighted by Gasteiger charge is -2.42. The van der Waals surface area contributed by atoms with Crippen molar-refractivity contribution in [2.24, 2.45) is 17.8 Å². The Morgan fingerprint density at radius 3 is 2.43 bits per heavy atom. The number of aliphatic carboxylic acids is 1. The number of hydrogen-bond acceptors (Lipinski definition) is 6. The maximum absolute atomic E-state index is 13.6. The summed E-state index contributed by atoms with van der Waals surface area (Å²) < 4.78 is 0. The maximum Gasteiger partial charge on any atom is 0.303 e. The van der Waals surface area contributed by atoms with Crippen LogP contribution in [0.5, 0.6) is 5.75 Å². The first kappa shape index (κ1) is 24.9. The molecular weight excluding hydrogens is 474 g/mol. The van der Waals surface area contributed by atoms with Crippen LogP contribution in [0.2, 0.25) is 0 Å².